The predicted molar refractivity (Wildman–Crippen MR) is 84.7 cm³/mol. The second kappa shape index (κ2) is 5.53. The number of aliphatic hydroxyl groups is 1. The Labute approximate surface area is 137 Å². The van der Waals surface area contributed by atoms with Crippen molar-refractivity contribution in [3.05, 3.63) is 0 Å². The smallest absolute Gasteiger partial charge is 0.252 e. The number of likely N-dealkylation sites (tertiary alicyclic amines) is 1. The molecule has 3 heterocycles. The number of hydrogen-bond donors (Lipinski definition) is 1. The van der Waals surface area contributed by atoms with Gasteiger partial charge in [-0.2, -0.15) is 0 Å². The molecule has 2 unspecified atom stereocenters. The number of amides is 2. The average Bonchev–Trinajstić information content (AvgIpc) is 2.81. The van der Waals surface area contributed by atoms with Crippen molar-refractivity contribution >= 4 is 11.8 Å². The molecular weight excluding hydrogens is 294 g/mol. The maximum Gasteiger partial charge on any atom is 0.252 e. The second-order valence-electron chi connectivity index (χ2n) is 7.73. The highest BCUT2D eigenvalue weighted by Gasteiger charge is 2.64. The van der Waals surface area contributed by atoms with Crippen molar-refractivity contribution in [1.82, 2.24) is 14.7 Å². The topological polar surface area (TPSA) is 64.1 Å². The van der Waals surface area contributed by atoms with Gasteiger partial charge in [-0.3, -0.25) is 24.3 Å². The van der Waals surface area contributed by atoms with E-state index in [1.807, 2.05) is 4.90 Å². The third kappa shape index (κ3) is 2.18. The lowest BCUT2D eigenvalue weighted by atomic mass is 9.78. The van der Waals surface area contributed by atoms with Crippen molar-refractivity contribution in [3.63, 3.8) is 0 Å². The summed E-state index contributed by atoms with van der Waals surface area (Å²) >= 11 is 0. The minimum absolute atomic E-state index is 0.0168. The van der Waals surface area contributed by atoms with Crippen molar-refractivity contribution < 1.29 is 14.7 Å². The Bertz CT molecular complexity index is 513. The van der Waals surface area contributed by atoms with Crippen LogP contribution >= 0.6 is 0 Å². The number of fused-ring (bicyclic) bond motifs is 2. The van der Waals surface area contributed by atoms with Gasteiger partial charge in [0.2, 0.25) is 5.91 Å². The van der Waals surface area contributed by atoms with E-state index in [1.165, 1.54) is 24.2 Å². The first-order chi connectivity index (χ1) is 11.1. The summed E-state index contributed by atoms with van der Waals surface area (Å²) in [5.74, 6) is -0.107. The first-order valence-electron chi connectivity index (χ1n) is 9.11. The van der Waals surface area contributed by atoms with Crippen LogP contribution in [0.1, 0.15) is 45.4 Å². The highest BCUT2D eigenvalue weighted by Crippen LogP contribution is 2.43. The van der Waals surface area contributed by atoms with Crippen molar-refractivity contribution in [1.29, 1.82) is 0 Å². The first-order valence-corrected chi connectivity index (χ1v) is 9.11. The average molecular weight is 321 g/mol. The minimum Gasteiger partial charge on any atom is -0.392 e. The van der Waals surface area contributed by atoms with Gasteiger partial charge in [0.05, 0.1) is 12.1 Å². The summed E-state index contributed by atoms with van der Waals surface area (Å²) in [5, 5.41) is 10.1. The van der Waals surface area contributed by atoms with E-state index in [0.29, 0.717) is 25.6 Å². The molecule has 2 atom stereocenters. The standard InChI is InChI=1S/C17H27N3O3/c1-2-3-7-19-15(22)14-8-13(21)9-20(14)17(16(19)23)10-18(11-17)12-5-4-6-12/h12-14,21H,2-11H2,1H3. The lowest BCUT2D eigenvalue weighted by Gasteiger charge is -2.61. The molecule has 4 fully saturated rings. The van der Waals surface area contributed by atoms with Gasteiger partial charge in [-0.15, -0.1) is 0 Å². The number of carbonyl (C=O) groups is 2. The van der Waals surface area contributed by atoms with Crippen LogP contribution < -0.4 is 0 Å². The number of hydrogen-bond acceptors (Lipinski definition) is 5. The Morgan fingerprint density at radius 3 is 2.61 bits per heavy atom. The molecular formula is C17H27N3O3. The zero-order chi connectivity index (χ0) is 16.2. The number of rotatable bonds is 4. The van der Waals surface area contributed by atoms with E-state index >= 15 is 0 Å². The number of aliphatic hydroxyl groups excluding tert-OH is 1. The molecule has 0 aromatic heterocycles. The van der Waals surface area contributed by atoms with Gasteiger partial charge in [0.15, 0.2) is 0 Å². The van der Waals surface area contributed by atoms with E-state index in [0.717, 1.165) is 25.9 Å². The normalized spacial score (nSPS) is 34.6. The fourth-order valence-electron chi connectivity index (χ4n) is 4.66. The van der Waals surface area contributed by atoms with E-state index < -0.39 is 11.6 Å². The predicted octanol–water partition coefficient (Wildman–Crippen LogP) is 0.197. The number of carbonyl (C=O) groups excluding carboxylic acids is 2. The summed E-state index contributed by atoms with van der Waals surface area (Å²) in [5.41, 5.74) is -0.556. The number of nitrogens with zero attached hydrogens (tertiary/aromatic N) is 3. The maximum atomic E-state index is 13.1. The van der Waals surface area contributed by atoms with Crippen molar-refractivity contribution in [3.8, 4) is 0 Å². The van der Waals surface area contributed by atoms with Gasteiger partial charge in [0, 0.05) is 32.2 Å². The lowest BCUT2D eigenvalue weighted by molar-refractivity contribution is -0.184. The molecule has 1 saturated carbocycles. The van der Waals surface area contributed by atoms with E-state index in [9.17, 15) is 14.7 Å². The van der Waals surface area contributed by atoms with Crippen LogP contribution in [0.4, 0.5) is 0 Å². The second-order valence-corrected chi connectivity index (χ2v) is 7.73. The van der Waals surface area contributed by atoms with Crippen LogP contribution in [-0.4, -0.2) is 81.5 Å². The highest BCUT2D eigenvalue weighted by molar-refractivity contribution is 6.06. The highest BCUT2D eigenvalue weighted by atomic mass is 16.3. The van der Waals surface area contributed by atoms with Gasteiger partial charge in [0.1, 0.15) is 5.54 Å². The molecule has 0 bridgehead atoms. The molecule has 4 aliphatic rings. The van der Waals surface area contributed by atoms with Gasteiger partial charge < -0.3 is 5.11 Å². The Morgan fingerprint density at radius 1 is 1.26 bits per heavy atom. The van der Waals surface area contributed by atoms with Gasteiger partial charge >= 0.3 is 0 Å². The largest absolute Gasteiger partial charge is 0.392 e. The molecule has 1 spiro atoms. The Balaban J connectivity index is 1.58. The van der Waals surface area contributed by atoms with Crippen LogP contribution in [-0.2, 0) is 9.59 Å². The molecule has 23 heavy (non-hydrogen) atoms. The zero-order valence-electron chi connectivity index (χ0n) is 13.9. The minimum atomic E-state index is -0.556. The molecule has 128 valence electrons. The molecule has 0 aromatic rings. The number of piperazine rings is 1. The Kier molecular flexibility index (Phi) is 3.74. The van der Waals surface area contributed by atoms with Crippen LogP contribution in [0.25, 0.3) is 0 Å². The summed E-state index contributed by atoms with van der Waals surface area (Å²) in [6, 6.07) is 0.323. The fraction of sp³-hybridized carbons (Fsp3) is 0.882. The van der Waals surface area contributed by atoms with Gasteiger partial charge in [-0.25, -0.2) is 0 Å². The Hall–Kier alpha value is -0.980. The fourth-order valence-corrected chi connectivity index (χ4v) is 4.66. The third-order valence-electron chi connectivity index (χ3n) is 6.28. The summed E-state index contributed by atoms with van der Waals surface area (Å²) in [7, 11) is 0. The molecule has 0 radical (unpaired) electrons. The number of imide groups is 1. The summed E-state index contributed by atoms with van der Waals surface area (Å²) in [4.78, 5) is 31.8. The zero-order valence-corrected chi connectivity index (χ0v) is 13.9. The number of unbranched alkanes of at least 4 members (excludes halogenated alkanes) is 1. The van der Waals surface area contributed by atoms with Crippen LogP contribution in [0.5, 0.6) is 0 Å². The third-order valence-corrected chi connectivity index (χ3v) is 6.28. The van der Waals surface area contributed by atoms with Gasteiger partial charge in [0.25, 0.3) is 5.91 Å². The van der Waals surface area contributed by atoms with Crippen LogP contribution in [0.15, 0.2) is 0 Å². The van der Waals surface area contributed by atoms with E-state index in [4.69, 9.17) is 0 Å². The van der Waals surface area contributed by atoms with Crippen LogP contribution in [0.3, 0.4) is 0 Å². The van der Waals surface area contributed by atoms with E-state index in [-0.39, 0.29) is 17.9 Å². The molecule has 1 N–H and O–H groups in total. The summed E-state index contributed by atoms with van der Waals surface area (Å²) in [6.45, 7) is 4.52. The molecule has 6 heteroatoms. The van der Waals surface area contributed by atoms with Gasteiger partial charge in [-0.05, 0) is 25.7 Å². The van der Waals surface area contributed by atoms with Crippen molar-refractivity contribution in [2.75, 3.05) is 26.2 Å². The first kappa shape index (κ1) is 15.5. The quantitative estimate of drug-likeness (QED) is 0.749. The van der Waals surface area contributed by atoms with Crippen molar-refractivity contribution in [2.45, 2.75) is 69.2 Å². The van der Waals surface area contributed by atoms with Crippen LogP contribution in [0.2, 0.25) is 0 Å². The molecule has 6 nitrogen and oxygen atoms in total. The van der Waals surface area contributed by atoms with E-state index in [1.54, 1.807) is 0 Å². The molecule has 2 amide bonds. The van der Waals surface area contributed by atoms with Crippen LogP contribution in [0, 0.1) is 0 Å². The molecule has 4 rings (SSSR count). The molecule has 0 aromatic carbocycles. The molecule has 3 saturated heterocycles. The lowest BCUT2D eigenvalue weighted by Crippen LogP contribution is -2.82. The SMILES string of the molecule is CCCCN1C(=O)C2CC(O)CN2C2(CN(C3CCC3)C2)C1=O. The maximum absolute atomic E-state index is 13.1. The summed E-state index contributed by atoms with van der Waals surface area (Å²) < 4.78 is 0. The van der Waals surface area contributed by atoms with E-state index in [2.05, 4.69) is 11.8 Å². The number of β-amino-alcohol motifs (C(OH)–C–C–N with tert-alkyl or cyclic N) is 1. The van der Waals surface area contributed by atoms with Gasteiger partial charge in [-0.1, -0.05) is 19.8 Å². The van der Waals surface area contributed by atoms with Crippen molar-refractivity contribution in [2.24, 2.45) is 0 Å². The Morgan fingerprint density at radius 2 is 2.00 bits per heavy atom. The molecule has 3 aliphatic heterocycles. The monoisotopic (exact) mass is 321 g/mol. The summed E-state index contributed by atoms with van der Waals surface area (Å²) in [6.07, 6.45) is 5.56. The molecule has 1 aliphatic carbocycles.